The molecule has 0 heterocycles. The second-order valence-electron chi connectivity index (χ2n) is 5.29. The molecule has 2 rings (SSSR count). The number of nitrogens with two attached hydrogens (primary N) is 1. The number of hydrogen-bond acceptors (Lipinski definition) is 4. The molecule has 3 N–H and O–H groups in total. The Kier molecular flexibility index (Phi) is 6.33. The average Bonchev–Trinajstić information content (AvgIpc) is 2.60. The minimum absolute atomic E-state index is 0.0381. The molecule has 7 heteroatoms. The summed E-state index contributed by atoms with van der Waals surface area (Å²) >= 11 is 0. The highest BCUT2D eigenvalue weighted by molar-refractivity contribution is 5.78. The molecule has 0 aliphatic heterocycles. The van der Waals surface area contributed by atoms with Gasteiger partial charge < -0.3 is 20.5 Å². The van der Waals surface area contributed by atoms with Crippen molar-refractivity contribution >= 4 is 11.8 Å². The molecule has 0 aliphatic carbocycles. The highest BCUT2D eigenvalue weighted by Crippen LogP contribution is 2.28. The Balaban J connectivity index is 1.95. The summed E-state index contributed by atoms with van der Waals surface area (Å²) in [6.45, 7) is -0.00513. The number of benzene rings is 2. The molecule has 0 fully saturated rings. The minimum Gasteiger partial charge on any atom is -0.493 e. The fourth-order valence-electron chi connectivity index (χ4n) is 2.17. The molecule has 0 saturated heterocycles. The summed E-state index contributed by atoms with van der Waals surface area (Å²) in [5.41, 5.74) is 6.15. The molecule has 6 nitrogen and oxygen atoms in total. The van der Waals surface area contributed by atoms with Crippen LogP contribution in [0.5, 0.6) is 11.5 Å². The molecule has 0 atom stereocenters. The molecule has 132 valence electrons. The maximum Gasteiger partial charge on any atom is 0.255 e. The molecule has 0 aliphatic rings. The lowest BCUT2D eigenvalue weighted by Crippen LogP contribution is -2.25. The van der Waals surface area contributed by atoms with Crippen molar-refractivity contribution in [2.45, 2.75) is 13.0 Å². The zero-order chi connectivity index (χ0) is 18.2. The number of primary amides is 1. The Morgan fingerprint density at radius 3 is 2.60 bits per heavy atom. The van der Waals surface area contributed by atoms with Crippen LogP contribution in [0.4, 0.5) is 4.39 Å². The van der Waals surface area contributed by atoms with E-state index in [9.17, 15) is 14.0 Å². The lowest BCUT2D eigenvalue weighted by Gasteiger charge is -2.12. The van der Waals surface area contributed by atoms with Gasteiger partial charge in [-0.25, -0.2) is 4.39 Å². The van der Waals surface area contributed by atoms with Crippen molar-refractivity contribution in [3.63, 3.8) is 0 Å². The molecule has 2 amide bonds. The number of amides is 2. The number of carbonyl (C=O) groups excluding carboxylic acids is 2. The Hall–Kier alpha value is -3.09. The van der Waals surface area contributed by atoms with Crippen LogP contribution in [-0.2, 0) is 22.6 Å². The number of hydrogen-bond donors (Lipinski definition) is 2. The van der Waals surface area contributed by atoms with Gasteiger partial charge in [-0.1, -0.05) is 24.3 Å². The van der Waals surface area contributed by atoms with Crippen LogP contribution in [-0.4, -0.2) is 25.5 Å². The fraction of sp³-hybridized carbons (Fsp3) is 0.222. The number of nitrogens with one attached hydrogen (secondary N) is 1. The molecule has 0 saturated carbocycles. The topological polar surface area (TPSA) is 90.7 Å². The summed E-state index contributed by atoms with van der Waals surface area (Å²) in [4.78, 5) is 22.7. The maximum absolute atomic E-state index is 13.5. The Morgan fingerprint density at radius 1 is 1.16 bits per heavy atom. The van der Waals surface area contributed by atoms with Gasteiger partial charge in [0, 0.05) is 6.54 Å². The maximum atomic E-state index is 13.5. The van der Waals surface area contributed by atoms with E-state index >= 15 is 0 Å². The lowest BCUT2D eigenvalue weighted by molar-refractivity contribution is -0.121. The summed E-state index contributed by atoms with van der Waals surface area (Å²) in [5, 5.41) is 2.72. The number of ether oxygens (including phenoxy) is 2. The van der Waals surface area contributed by atoms with Crippen molar-refractivity contribution in [1.29, 1.82) is 0 Å². The third-order valence-corrected chi connectivity index (χ3v) is 3.40. The predicted octanol–water partition coefficient (Wildman–Crippen LogP) is 1.56. The van der Waals surface area contributed by atoms with Gasteiger partial charge in [-0.2, -0.15) is 0 Å². The zero-order valence-corrected chi connectivity index (χ0v) is 13.8. The fourth-order valence-corrected chi connectivity index (χ4v) is 2.17. The van der Waals surface area contributed by atoms with E-state index in [0.717, 1.165) is 5.56 Å². The van der Waals surface area contributed by atoms with Gasteiger partial charge in [0.15, 0.2) is 18.1 Å². The van der Waals surface area contributed by atoms with Gasteiger partial charge in [0.25, 0.3) is 5.91 Å². The quantitative estimate of drug-likeness (QED) is 0.759. The van der Waals surface area contributed by atoms with Gasteiger partial charge >= 0.3 is 0 Å². The Labute approximate surface area is 144 Å². The normalized spacial score (nSPS) is 10.2. The standard InChI is InChI=1S/C18H19FN2O4/c1-24-16-8-12(6-7-15(16)25-11-17(20)22)10-21-18(23)9-13-4-2-3-5-14(13)19/h2-8H,9-11H2,1H3,(H2,20,22)(H,21,23). The van der Waals surface area contributed by atoms with Crippen LogP contribution in [0.1, 0.15) is 11.1 Å². The zero-order valence-electron chi connectivity index (χ0n) is 13.8. The number of halogens is 1. The smallest absolute Gasteiger partial charge is 0.255 e. The van der Waals surface area contributed by atoms with E-state index < -0.39 is 11.7 Å². The van der Waals surface area contributed by atoms with Gasteiger partial charge in [0.1, 0.15) is 5.82 Å². The lowest BCUT2D eigenvalue weighted by atomic mass is 10.1. The van der Waals surface area contributed by atoms with Crippen LogP contribution >= 0.6 is 0 Å². The van der Waals surface area contributed by atoms with Crippen molar-refractivity contribution in [3.8, 4) is 11.5 Å². The van der Waals surface area contributed by atoms with E-state index in [1.807, 2.05) is 0 Å². The average molecular weight is 346 g/mol. The van der Waals surface area contributed by atoms with E-state index in [0.29, 0.717) is 17.1 Å². The second-order valence-corrected chi connectivity index (χ2v) is 5.29. The van der Waals surface area contributed by atoms with E-state index in [1.54, 1.807) is 36.4 Å². The van der Waals surface area contributed by atoms with E-state index in [2.05, 4.69) is 5.32 Å². The molecular weight excluding hydrogens is 327 g/mol. The van der Waals surface area contributed by atoms with Crippen LogP contribution in [0.15, 0.2) is 42.5 Å². The first-order valence-electron chi connectivity index (χ1n) is 7.57. The molecule has 0 unspecified atom stereocenters. The number of rotatable bonds is 8. The van der Waals surface area contributed by atoms with Crippen molar-refractivity contribution in [3.05, 3.63) is 59.4 Å². The molecule has 2 aromatic carbocycles. The first-order chi connectivity index (χ1) is 12.0. The molecule has 2 aromatic rings. The highest BCUT2D eigenvalue weighted by Gasteiger charge is 2.10. The largest absolute Gasteiger partial charge is 0.493 e. The second kappa shape index (κ2) is 8.68. The van der Waals surface area contributed by atoms with Crippen molar-refractivity contribution in [2.75, 3.05) is 13.7 Å². The van der Waals surface area contributed by atoms with Crippen LogP contribution in [0.2, 0.25) is 0 Å². The van der Waals surface area contributed by atoms with Gasteiger partial charge in [-0.05, 0) is 29.3 Å². The van der Waals surface area contributed by atoms with Gasteiger partial charge in [-0.15, -0.1) is 0 Å². The van der Waals surface area contributed by atoms with Crippen LogP contribution in [0.3, 0.4) is 0 Å². The predicted molar refractivity (Wildman–Crippen MR) is 89.6 cm³/mol. The SMILES string of the molecule is COc1cc(CNC(=O)Cc2ccccc2F)ccc1OCC(N)=O. The summed E-state index contributed by atoms with van der Waals surface area (Å²) in [7, 11) is 1.47. The van der Waals surface area contributed by atoms with Crippen molar-refractivity contribution < 1.29 is 23.5 Å². The van der Waals surface area contributed by atoms with Crippen molar-refractivity contribution in [1.82, 2.24) is 5.32 Å². The highest BCUT2D eigenvalue weighted by atomic mass is 19.1. The van der Waals surface area contributed by atoms with Crippen LogP contribution in [0.25, 0.3) is 0 Å². The van der Waals surface area contributed by atoms with Crippen LogP contribution in [0, 0.1) is 5.82 Å². The third kappa shape index (κ3) is 5.49. The number of methoxy groups -OCH3 is 1. The Morgan fingerprint density at radius 2 is 1.92 bits per heavy atom. The summed E-state index contributed by atoms with van der Waals surface area (Å²) < 4.78 is 24.0. The van der Waals surface area contributed by atoms with E-state index in [1.165, 1.54) is 13.2 Å². The molecule has 0 bridgehead atoms. The molecule has 0 radical (unpaired) electrons. The molecule has 25 heavy (non-hydrogen) atoms. The summed E-state index contributed by atoms with van der Waals surface area (Å²) in [6.07, 6.45) is -0.0381. The van der Waals surface area contributed by atoms with Gasteiger partial charge in [-0.3, -0.25) is 9.59 Å². The first-order valence-corrected chi connectivity index (χ1v) is 7.57. The minimum atomic E-state index is -0.591. The number of carbonyl (C=O) groups is 2. The van der Waals surface area contributed by atoms with E-state index in [-0.39, 0.29) is 25.5 Å². The monoisotopic (exact) mass is 346 g/mol. The van der Waals surface area contributed by atoms with Crippen LogP contribution < -0.4 is 20.5 Å². The van der Waals surface area contributed by atoms with Gasteiger partial charge in [0.2, 0.25) is 5.91 Å². The first kappa shape index (κ1) is 18.3. The van der Waals surface area contributed by atoms with Gasteiger partial charge in [0.05, 0.1) is 13.5 Å². The van der Waals surface area contributed by atoms with Crippen molar-refractivity contribution in [2.24, 2.45) is 5.73 Å². The van der Waals surface area contributed by atoms with E-state index in [4.69, 9.17) is 15.2 Å². The Bertz CT molecular complexity index is 764. The molecular formula is C18H19FN2O4. The molecule has 0 aromatic heterocycles. The summed E-state index contributed by atoms with van der Waals surface area (Å²) in [6, 6.07) is 11.2. The summed E-state index contributed by atoms with van der Waals surface area (Å²) in [5.74, 6) is -0.496. The third-order valence-electron chi connectivity index (χ3n) is 3.40. The molecule has 0 spiro atoms.